The number of rotatable bonds is 5. The zero-order valence-corrected chi connectivity index (χ0v) is 13.0. The van der Waals surface area contributed by atoms with Gasteiger partial charge in [-0.1, -0.05) is 29.8 Å². The fraction of sp³-hybridized carbons (Fsp3) is 0.214. The van der Waals surface area contributed by atoms with E-state index in [1.807, 2.05) is 6.26 Å². The maximum Gasteiger partial charge on any atom is 0.261 e. The Balaban J connectivity index is 2.18. The highest BCUT2D eigenvalue weighted by Gasteiger charge is 2.18. The number of hydrogen-bond acceptors (Lipinski definition) is 5. The van der Waals surface area contributed by atoms with Crippen molar-refractivity contribution in [3.63, 3.8) is 0 Å². The summed E-state index contributed by atoms with van der Waals surface area (Å²) < 4.78 is 0. The number of benzene rings is 1. The lowest BCUT2D eigenvalue weighted by atomic mass is 10.1. The number of anilines is 2. The first-order valence-corrected chi connectivity index (χ1v) is 8.12. The van der Waals surface area contributed by atoms with Gasteiger partial charge >= 0.3 is 0 Å². The molecule has 6 heteroatoms. The van der Waals surface area contributed by atoms with Crippen LogP contribution in [0.1, 0.15) is 20.8 Å². The lowest BCUT2D eigenvalue weighted by Crippen LogP contribution is -2.10. The van der Waals surface area contributed by atoms with E-state index in [-0.39, 0.29) is 0 Å². The van der Waals surface area contributed by atoms with Crippen molar-refractivity contribution >= 4 is 39.7 Å². The second-order valence-corrected chi connectivity index (χ2v) is 6.25. The van der Waals surface area contributed by atoms with Crippen LogP contribution in [0.15, 0.2) is 29.2 Å². The lowest BCUT2D eigenvalue weighted by Gasteiger charge is -2.06. The number of nitrogen functional groups attached to an aromatic ring is 1. The summed E-state index contributed by atoms with van der Waals surface area (Å²) in [4.78, 5) is 12.6. The first kappa shape index (κ1) is 14.7. The minimum atomic E-state index is -0.480. The molecule has 0 spiro atoms. The summed E-state index contributed by atoms with van der Waals surface area (Å²) >= 11 is 2.82. The number of amides is 1. The number of primary amides is 1. The molecule has 1 aromatic heterocycles. The fourth-order valence-electron chi connectivity index (χ4n) is 1.82. The lowest BCUT2D eigenvalue weighted by molar-refractivity contribution is 0.100. The molecule has 2 rings (SSSR count). The number of hydrogen-bond donors (Lipinski definition) is 3. The Labute approximate surface area is 126 Å². The van der Waals surface area contributed by atoms with Crippen LogP contribution >= 0.6 is 23.1 Å². The van der Waals surface area contributed by atoms with Gasteiger partial charge in [0.05, 0.1) is 10.6 Å². The topological polar surface area (TPSA) is 81.1 Å². The second kappa shape index (κ2) is 6.19. The molecule has 106 valence electrons. The summed E-state index contributed by atoms with van der Waals surface area (Å²) in [7, 11) is 0. The molecule has 2 aromatic rings. The summed E-state index contributed by atoms with van der Waals surface area (Å²) in [5, 5.41) is 4.22. The predicted octanol–water partition coefficient (Wildman–Crippen LogP) is 3.07. The summed E-state index contributed by atoms with van der Waals surface area (Å²) in [6.07, 6.45) is 1.93. The van der Waals surface area contributed by atoms with Gasteiger partial charge in [-0.15, -0.1) is 23.1 Å². The van der Waals surface area contributed by atoms with Crippen LogP contribution < -0.4 is 16.8 Å². The van der Waals surface area contributed by atoms with Crippen LogP contribution in [0.5, 0.6) is 0 Å². The van der Waals surface area contributed by atoms with Gasteiger partial charge in [0, 0.05) is 6.54 Å². The quantitative estimate of drug-likeness (QED) is 0.742. The van der Waals surface area contributed by atoms with E-state index in [0.717, 1.165) is 9.90 Å². The van der Waals surface area contributed by atoms with Crippen molar-refractivity contribution < 1.29 is 4.79 Å². The molecule has 20 heavy (non-hydrogen) atoms. The third kappa shape index (κ3) is 3.08. The number of nitrogens with one attached hydrogen (secondary N) is 1. The number of thiophene rings is 1. The molecule has 0 aliphatic rings. The number of carbonyl (C=O) groups is 1. The Bertz CT molecular complexity index is 620. The summed E-state index contributed by atoms with van der Waals surface area (Å²) in [6.45, 7) is 2.74. The van der Waals surface area contributed by atoms with Gasteiger partial charge in [-0.25, -0.2) is 0 Å². The number of carbonyl (C=O) groups excluding carboxylic acids is 1. The first-order valence-electron chi connectivity index (χ1n) is 6.08. The van der Waals surface area contributed by atoms with Crippen LogP contribution in [-0.4, -0.2) is 12.2 Å². The summed E-state index contributed by atoms with van der Waals surface area (Å²) in [6, 6.07) is 8.30. The van der Waals surface area contributed by atoms with E-state index < -0.39 is 5.91 Å². The largest absolute Gasteiger partial charge is 0.396 e. The van der Waals surface area contributed by atoms with Gasteiger partial charge in [-0.05, 0) is 18.7 Å². The third-order valence-corrected chi connectivity index (χ3v) is 5.04. The molecule has 0 bridgehead atoms. The number of thioether (sulfide) groups is 1. The van der Waals surface area contributed by atoms with Crippen molar-refractivity contribution in [3.8, 4) is 0 Å². The highest BCUT2D eigenvalue weighted by atomic mass is 32.2. The predicted molar refractivity (Wildman–Crippen MR) is 87.5 cm³/mol. The van der Waals surface area contributed by atoms with Crippen molar-refractivity contribution in [2.45, 2.75) is 18.4 Å². The van der Waals surface area contributed by atoms with Gasteiger partial charge in [0.15, 0.2) is 0 Å². The highest BCUT2D eigenvalue weighted by Crippen LogP contribution is 2.41. The molecule has 0 unspecified atom stereocenters. The average Bonchev–Trinajstić information content (AvgIpc) is 2.74. The number of nitrogens with two attached hydrogens (primary N) is 2. The van der Waals surface area contributed by atoms with E-state index in [9.17, 15) is 4.79 Å². The molecule has 1 amide bonds. The smallest absolute Gasteiger partial charge is 0.261 e. The molecule has 0 saturated heterocycles. The minimum absolute atomic E-state index is 0.417. The highest BCUT2D eigenvalue weighted by molar-refractivity contribution is 7.99. The molecule has 1 heterocycles. The van der Waals surface area contributed by atoms with Crippen molar-refractivity contribution in [3.05, 3.63) is 40.3 Å². The van der Waals surface area contributed by atoms with Gasteiger partial charge < -0.3 is 16.8 Å². The van der Waals surface area contributed by atoms with E-state index in [4.69, 9.17) is 11.5 Å². The van der Waals surface area contributed by atoms with Gasteiger partial charge in [-0.3, -0.25) is 4.79 Å². The zero-order valence-electron chi connectivity index (χ0n) is 11.4. The zero-order chi connectivity index (χ0) is 14.7. The normalized spacial score (nSPS) is 10.5. The van der Waals surface area contributed by atoms with Crippen molar-refractivity contribution in [2.24, 2.45) is 5.73 Å². The Hall–Kier alpha value is -1.66. The summed E-state index contributed by atoms with van der Waals surface area (Å²) in [5.74, 6) is -0.480. The van der Waals surface area contributed by atoms with Crippen LogP contribution in [0.2, 0.25) is 0 Å². The minimum Gasteiger partial charge on any atom is -0.396 e. The standard InChI is InChI=1S/C14H17N3OS2/c1-8-3-5-9(6-4-8)7-17-14-12(19-2)10(15)11(20-14)13(16)18/h3-6,17H,7,15H2,1-2H3,(H2,16,18). The SMILES string of the molecule is CSc1c(NCc2ccc(C)cc2)sc(C(N)=O)c1N. The van der Waals surface area contributed by atoms with Gasteiger partial charge in [0.2, 0.25) is 0 Å². The van der Waals surface area contributed by atoms with E-state index in [2.05, 4.69) is 36.5 Å². The van der Waals surface area contributed by atoms with E-state index in [0.29, 0.717) is 17.1 Å². The molecular formula is C14H17N3OS2. The van der Waals surface area contributed by atoms with Crippen molar-refractivity contribution in [1.82, 2.24) is 0 Å². The van der Waals surface area contributed by atoms with Crippen LogP contribution in [0, 0.1) is 6.92 Å². The molecule has 4 nitrogen and oxygen atoms in total. The molecular weight excluding hydrogens is 290 g/mol. The molecule has 5 N–H and O–H groups in total. The second-order valence-electron chi connectivity index (χ2n) is 4.41. The van der Waals surface area contributed by atoms with Crippen molar-refractivity contribution in [1.29, 1.82) is 0 Å². The Morgan fingerprint density at radius 3 is 2.55 bits per heavy atom. The van der Waals surface area contributed by atoms with Gasteiger partial charge in [0.1, 0.15) is 9.88 Å². The molecule has 0 aliphatic carbocycles. The molecule has 0 aliphatic heterocycles. The van der Waals surface area contributed by atoms with Gasteiger partial charge in [-0.2, -0.15) is 0 Å². The van der Waals surface area contributed by atoms with Crippen LogP contribution in [-0.2, 0) is 6.54 Å². The van der Waals surface area contributed by atoms with E-state index >= 15 is 0 Å². The maximum absolute atomic E-state index is 11.3. The van der Waals surface area contributed by atoms with E-state index in [1.54, 1.807) is 0 Å². The average molecular weight is 307 g/mol. The summed E-state index contributed by atoms with van der Waals surface area (Å²) in [5.41, 5.74) is 14.2. The monoisotopic (exact) mass is 307 g/mol. The maximum atomic E-state index is 11.3. The van der Waals surface area contributed by atoms with E-state index in [1.165, 1.54) is 34.2 Å². The first-order chi connectivity index (χ1) is 9.52. The van der Waals surface area contributed by atoms with Gasteiger partial charge in [0.25, 0.3) is 5.91 Å². The van der Waals surface area contributed by atoms with Crippen molar-refractivity contribution in [2.75, 3.05) is 17.3 Å². The fourth-order valence-corrected chi connectivity index (χ4v) is 3.70. The molecule has 0 fully saturated rings. The van der Waals surface area contributed by atoms with Crippen LogP contribution in [0.3, 0.4) is 0 Å². The Kier molecular flexibility index (Phi) is 4.57. The molecule has 0 atom stereocenters. The Morgan fingerprint density at radius 1 is 1.35 bits per heavy atom. The molecule has 0 saturated carbocycles. The molecule has 1 aromatic carbocycles. The Morgan fingerprint density at radius 2 is 2.00 bits per heavy atom. The molecule has 0 radical (unpaired) electrons. The third-order valence-electron chi connectivity index (χ3n) is 2.90. The van der Waals surface area contributed by atoms with Crippen LogP contribution in [0.4, 0.5) is 10.7 Å². The van der Waals surface area contributed by atoms with Crippen LogP contribution in [0.25, 0.3) is 0 Å². The number of aryl methyl sites for hydroxylation is 1.